The van der Waals surface area contributed by atoms with Gasteiger partial charge >= 0.3 is 0 Å². The number of thiazole rings is 1. The molecule has 6 nitrogen and oxygen atoms in total. The van der Waals surface area contributed by atoms with Crippen LogP contribution in [0.15, 0.2) is 65.0 Å². The Hall–Kier alpha value is -2.55. The number of aromatic nitrogens is 1. The van der Waals surface area contributed by atoms with Gasteiger partial charge in [-0.1, -0.05) is 30.3 Å². The van der Waals surface area contributed by atoms with Gasteiger partial charge in [-0.05, 0) is 48.6 Å². The summed E-state index contributed by atoms with van der Waals surface area (Å²) in [6.45, 7) is 0. The van der Waals surface area contributed by atoms with Crippen LogP contribution in [0.2, 0.25) is 0 Å². The number of aryl methyl sites for hydroxylation is 1. The van der Waals surface area contributed by atoms with Crippen molar-refractivity contribution in [1.82, 2.24) is 9.71 Å². The second kappa shape index (κ2) is 7.83. The lowest BCUT2D eigenvalue weighted by Crippen LogP contribution is -2.31. The number of benzene rings is 2. The molecule has 0 unspecified atom stereocenters. The van der Waals surface area contributed by atoms with Crippen molar-refractivity contribution in [3.63, 3.8) is 0 Å². The molecule has 4 rings (SSSR count). The number of sulfonamides is 1. The molecular formula is C20H19N3O3S2. The number of hydrogen-bond donors (Lipinski definition) is 2. The first kappa shape index (κ1) is 18.8. The predicted octanol–water partition coefficient (Wildman–Crippen LogP) is 3.75. The van der Waals surface area contributed by atoms with E-state index in [9.17, 15) is 13.2 Å². The van der Waals surface area contributed by atoms with E-state index in [4.69, 9.17) is 0 Å². The highest BCUT2D eigenvalue weighted by atomic mass is 32.2. The molecule has 0 bridgehead atoms. The first-order valence-electron chi connectivity index (χ1n) is 8.94. The van der Waals surface area contributed by atoms with Crippen molar-refractivity contribution in [3.8, 4) is 0 Å². The summed E-state index contributed by atoms with van der Waals surface area (Å²) in [7, 11) is -3.76. The molecule has 0 spiro atoms. The zero-order chi connectivity index (χ0) is 19.6. The third-order valence-electron chi connectivity index (χ3n) is 4.73. The summed E-state index contributed by atoms with van der Waals surface area (Å²) in [4.78, 5) is 16.5. The molecule has 0 saturated carbocycles. The third-order valence-corrected chi connectivity index (χ3v) is 6.88. The predicted molar refractivity (Wildman–Crippen MR) is 109 cm³/mol. The molecule has 0 fully saturated rings. The van der Waals surface area contributed by atoms with Crippen molar-refractivity contribution in [2.75, 3.05) is 5.32 Å². The Labute approximate surface area is 167 Å². The number of fused-ring (bicyclic) bond motifs is 1. The zero-order valence-electron chi connectivity index (χ0n) is 15.0. The standard InChI is InChI=1S/C20H19N3O3S2/c24-19(22-20-21-11-12-27-20)15-7-3-8-16(13-15)28(25,26)23-18-10-4-6-14-5-1-2-9-17(14)18/h1-3,5,7-9,11-13,18,23H,4,6,10H2,(H,21,22,24)/t18-/m1/s1. The van der Waals surface area contributed by atoms with Crippen LogP contribution in [-0.2, 0) is 16.4 Å². The summed E-state index contributed by atoms with van der Waals surface area (Å²) in [5.41, 5.74) is 2.47. The second-order valence-corrected chi connectivity index (χ2v) is 9.19. The van der Waals surface area contributed by atoms with Gasteiger partial charge in [0, 0.05) is 23.2 Å². The maximum atomic E-state index is 12.9. The fourth-order valence-electron chi connectivity index (χ4n) is 3.39. The van der Waals surface area contributed by atoms with E-state index in [0.717, 1.165) is 24.8 Å². The highest BCUT2D eigenvalue weighted by Gasteiger charge is 2.26. The Morgan fingerprint density at radius 3 is 2.82 bits per heavy atom. The van der Waals surface area contributed by atoms with Gasteiger partial charge in [0.25, 0.3) is 5.91 Å². The van der Waals surface area contributed by atoms with Crippen LogP contribution in [0.3, 0.4) is 0 Å². The monoisotopic (exact) mass is 413 g/mol. The molecule has 3 aromatic rings. The molecule has 1 aromatic heterocycles. The summed E-state index contributed by atoms with van der Waals surface area (Å²) >= 11 is 1.30. The minimum atomic E-state index is -3.76. The van der Waals surface area contributed by atoms with Gasteiger partial charge in [-0.2, -0.15) is 0 Å². The van der Waals surface area contributed by atoms with Gasteiger partial charge in [0.2, 0.25) is 10.0 Å². The van der Waals surface area contributed by atoms with Crippen LogP contribution in [0.25, 0.3) is 0 Å². The number of amides is 1. The van der Waals surface area contributed by atoms with Gasteiger partial charge in [0.1, 0.15) is 0 Å². The van der Waals surface area contributed by atoms with Crippen LogP contribution < -0.4 is 10.0 Å². The SMILES string of the molecule is O=C(Nc1nccs1)c1cccc(S(=O)(=O)N[C@@H]2CCCc3ccccc32)c1. The Kier molecular flexibility index (Phi) is 5.25. The van der Waals surface area contributed by atoms with Gasteiger partial charge < -0.3 is 0 Å². The van der Waals surface area contributed by atoms with Crippen LogP contribution >= 0.6 is 11.3 Å². The average Bonchev–Trinajstić information content (AvgIpc) is 3.21. The summed E-state index contributed by atoms with van der Waals surface area (Å²) in [6.07, 6.45) is 4.23. The molecule has 2 aromatic carbocycles. The van der Waals surface area contributed by atoms with Crippen LogP contribution in [0.1, 0.15) is 40.4 Å². The van der Waals surface area contributed by atoms with Gasteiger partial charge in [0.05, 0.1) is 4.90 Å². The van der Waals surface area contributed by atoms with E-state index >= 15 is 0 Å². The highest BCUT2D eigenvalue weighted by molar-refractivity contribution is 7.89. The number of carbonyl (C=O) groups excluding carboxylic acids is 1. The normalized spacial score (nSPS) is 16.4. The van der Waals surface area contributed by atoms with Gasteiger partial charge in [-0.25, -0.2) is 18.1 Å². The molecule has 8 heteroatoms. The van der Waals surface area contributed by atoms with Gasteiger partial charge in [-0.15, -0.1) is 11.3 Å². The number of nitrogens with zero attached hydrogens (tertiary/aromatic N) is 1. The average molecular weight is 414 g/mol. The Morgan fingerprint density at radius 2 is 2.00 bits per heavy atom. The van der Waals surface area contributed by atoms with E-state index < -0.39 is 15.9 Å². The summed E-state index contributed by atoms with van der Waals surface area (Å²) in [5.74, 6) is -0.394. The number of carbonyl (C=O) groups is 1. The molecule has 1 aliphatic rings. The maximum Gasteiger partial charge on any atom is 0.257 e. The smallest absolute Gasteiger partial charge is 0.257 e. The van der Waals surface area contributed by atoms with Crippen molar-refractivity contribution in [1.29, 1.82) is 0 Å². The lowest BCUT2D eigenvalue weighted by atomic mass is 9.88. The first-order chi connectivity index (χ1) is 13.5. The van der Waals surface area contributed by atoms with Crippen LogP contribution in [0.5, 0.6) is 0 Å². The molecule has 1 aliphatic carbocycles. The van der Waals surface area contributed by atoms with Gasteiger partial charge in [-0.3, -0.25) is 10.1 Å². The lowest BCUT2D eigenvalue weighted by molar-refractivity contribution is 0.102. The highest BCUT2D eigenvalue weighted by Crippen LogP contribution is 2.31. The van der Waals surface area contributed by atoms with E-state index in [1.807, 2.05) is 24.3 Å². The van der Waals surface area contributed by atoms with E-state index in [-0.39, 0.29) is 16.5 Å². The quantitative estimate of drug-likeness (QED) is 0.667. The largest absolute Gasteiger partial charge is 0.298 e. The van der Waals surface area contributed by atoms with Crippen LogP contribution in [-0.4, -0.2) is 19.3 Å². The molecule has 0 aliphatic heterocycles. The molecule has 1 heterocycles. The number of rotatable bonds is 5. The fraction of sp³-hybridized carbons (Fsp3) is 0.200. The Morgan fingerprint density at radius 1 is 1.14 bits per heavy atom. The minimum Gasteiger partial charge on any atom is -0.298 e. The van der Waals surface area contributed by atoms with Crippen molar-refractivity contribution < 1.29 is 13.2 Å². The zero-order valence-corrected chi connectivity index (χ0v) is 16.6. The molecular weight excluding hydrogens is 394 g/mol. The van der Waals surface area contributed by atoms with Crippen molar-refractivity contribution >= 4 is 32.4 Å². The summed E-state index contributed by atoms with van der Waals surface area (Å²) in [5, 5.41) is 4.88. The molecule has 1 amide bonds. The van der Waals surface area contributed by atoms with E-state index in [1.54, 1.807) is 23.7 Å². The first-order valence-corrected chi connectivity index (χ1v) is 11.3. The van der Waals surface area contributed by atoms with Crippen molar-refractivity contribution in [2.24, 2.45) is 0 Å². The number of nitrogens with one attached hydrogen (secondary N) is 2. The molecule has 0 radical (unpaired) electrons. The molecule has 28 heavy (non-hydrogen) atoms. The maximum absolute atomic E-state index is 12.9. The van der Waals surface area contributed by atoms with E-state index in [1.165, 1.54) is 29.0 Å². The number of anilines is 1. The van der Waals surface area contributed by atoms with E-state index in [2.05, 4.69) is 15.0 Å². The third kappa shape index (κ3) is 3.99. The molecule has 1 atom stereocenters. The molecule has 2 N–H and O–H groups in total. The summed E-state index contributed by atoms with van der Waals surface area (Å²) < 4.78 is 28.7. The van der Waals surface area contributed by atoms with Gasteiger partial charge in [0.15, 0.2) is 5.13 Å². The Bertz CT molecular complexity index is 1100. The number of hydrogen-bond acceptors (Lipinski definition) is 5. The second-order valence-electron chi connectivity index (χ2n) is 6.58. The molecule has 0 saturated heterocycles. The van der Waals surface area contributed by atoms with E-state index in [0.29, 0.717) is 5.13 Å². The lowest BCUT2D eigenvalue weighted by Gasteiger charge is -2.26. The van der Waals surface area contributed by atoms with Crippen molar-refractivity contribution in [2.45, 2.75) is 30.2 Å². The minimum absolute atomic E-state index is 0.0716. The molecule has 144 valence electrons. The van der Waals surface area contributed by atoms with Crippen LogP contribution in [0, 0.1) is 0 Å². The fourth-order valence-corrected chi connectivity index (χ4v) is 5.21. The topological polar surface area (TPSA) is 88.2 Å². The summed E-state index contributed by atoms with van der Waals surface area (Å²) in [6, 6.07) is 13.7. The van der Waals surface area contributed by atoms with Crippen molar-refractivity contribution in [3.05, 3.63) is 76.8 Å². The Balaban J connectivity index is 1.56. The van der Waals surface area contributed by atoms with Crippen LogP contribution in [0.4, 0.5) is 5.13 Å².